The largest absolute Gasteiger partial charge is 0.463 e. The normalized spacial score (nSPS) is 29.0. The van der Waals surface area contributed by atoms with Crippen LogP contribution >= 0.6 is 12.4 Å². The topological polar surface area (TPSA) is 68.7 Å². The van der Waals surface area contributed by atoms with Crippen LogP contribution in [0.4, 0.5) is 0 Å². The summed E-state index contributed by atoms with van der Waals surface area (Å²) in [5, 5.41) is 0. The van der Waals surface area contributed by atoms with Gasteiger partial charge in [-0.25, -0.2) is 4.79 Å². The molecule has 0 bridgehead atoms. The molecule has 20 heavy (non-hydrogen) atoms. The van der Waals surface area contributed by atoms with Crippen LogP contribution in [0.1, 0.15) is 29.2 Å². The van der Waals surface area contributed by atoms with Crippen LogP contribution in [-0.4, -0.2) is 37.1 Å². The fourth-order valence-corrected chi connectivity index (χ4v) is 3.42. The van der Waals surface area contributed by atoms with Crippen molar-refractivity contribution >= 4 is 18.4 Å². The second-order valence-corrected chi connectivity index (χ2v) is 5.62. The van der Waals surface area contributed by atoms with Crippen LogP contribution in [0.5, 0.6) is 0 Å². The molecule has 1 saturated heterocycles. The molecule has 0 spiro atoms. The van der Waals surface area contributed by atoms with Crippen LogP contribution in [0.15, 0.2) is 16.5 Å². The number of furan rings is 1. The lowest BCUT2D eigenvalue weighted by Crippen LogP contribution is -2.30. The first-order valence-electron chi connectivity index (χ1n) is 6.82. The number of hydrogen-bond acceptors (Lipinski definition) is 5. The molecule has 1 aliphatic heterocycles. The molecule has 6 heteroatoms. The van der Waals surface area contributed by atoms with E-state index in [-0.39, 0.29) is 18.2 Å². The van der Waals surface area contributed by atoms with Crippen LogP contribution in [0.3, 0.4) is 0 Å². The highest BCUT2D eigenvalue weighted by Gasteiger charge is 2.40. The van der Waals surface area contributed by atoms with Gasteiger partial charge < -0.3 is 14.9 Å². The average Bonchev–Trinajstić information content (AvgIpc) is 3.08. The highest BCUT2D eigenvalue weighted by atomic mass is 35.5. The van der Waals surface area contributed by atoms with Crippen molar-refractivity contribution in [2.75, 3.05) is 20.2 Å². The van der Waals surface area contributed by atoms with Crippen molar-refractivity contribution in [1.29, 1.82) is 0 Å². The first-order valence-corrected chi connectivity index (χ1v) is 6.82. The van der Waals surface area contributed by atoms with Gasteiger partial charge in [0.25, 0.3) is 0 Å². The van der Waals surface area contributed by atoms with Gasteiger partial charge in [-0.3, -0.25) is 4.90 Å². The Labute approximate surface area is 124 Å². The number of carbonyl (C=O) groups excluding carboxylic acids is 1. The Balaban J connectivity index is 0.00000147. The van der Waals surface area contributed by atoms with Crippen molar-refractivity contribution in [2.24, 2.45) is 17.6 Å². The van der Waals surface area contributed by atoms with Crippen LogP contribution in [0.2, 0.25) is 0 Å². The molecule has 112 valence electrons. The van der Waals surface area contributed by atoms with Gasteiger partial charge in [0.2, 0.25) is 5.76 Å². The number of rotatable bonds is 3. The van der Waals surface area contributed by atoms with Crippen molar-refractivity contribution in [1.82, 2.24) is 4.90 Å². The van der Waals surface area contributed by atoms with Gasteiger partial charge in [0, 0.05) is 19.1 Å². The molecule has 1 aromatic rings. The summed E-state index contributed by atoms with van der Waals surface area (Å²) in [7, 11) is 1.35. The lowest BCUT2D eigenvalue weighted by molar-refractivity contribution is 0.0561. The van der Waals surface area contributed by atoms with Gasteiger partial charge in [0.1, 0.15) is 5.76 Å². The maximum atomic E-state index is 11.3. The number of esters is 1. The van der Waals surface area contributed by atoms with Gasteiger partial charge in [-0.15, -0.1) is 12.4 Å². The van der Waals surface area contributed by atoms with Crippen molar-refractivity contribution in [3.05, 3.63) is 23.7 Å². The maximum absolute atomic E-state index is 11.3. The number of ether oxygens (including phenoxy) is 1. The van der Waals surface area contributed by atoms with E-state index in [1.807, 2.05) is 6.07 Å². The first kappa shape index (κ1) is 15.4. The third-order valence-corrected chi connectivity index (χ3v) is 4.42. The van der Waals surface area contributed by atoms with E-state index < -0.39 is 5.97 Å². The molecule has 1 aromatic heterocycles. The Hall–Kier alpha value is -1.04. The van der Waals surface area contributed by atoms with E-state index in [0.29, 0.717) is 12.0 Å². The minimum Gasteiger partial charge on any atom is -0.463 e. The van der Waals surface area contributed by atoms with E-state index in [0.717, 1.165) is 37.7 Å². The quantitative estimate of drug-likeness (QED) is 0.860. The highest BCUT2D eigenvalue weighted by molar-refractivity contribution is 5.86. The van der Waals surface area contributed by atoms with Crippen molar-refractivity contribution in [2.45, 2.75) is 25.4 Å². The molecular formula is C14H21ClN2O3. The van der Waals surface area contributed by atoms with Crippen LogP contribution < -0.4 is 5.73 Å². The summed E-state index contributed by atoms with van der Waals surface area (Å²) in [4.78, 5) is 13.7. The number of nitrogens with two attached hydrogens (primary N) is 1. The third-order valence-electron chi connectivity index (χ3n) is 4.42. The summed E-state index contributed by atoms with van der Waals surface area (Å²) in [5.74, 6) is 2.04. The Morgan fingerprint density at radius 3 is 2.95 bits per heavy atom. The number of carbonyl (C=O) groups is 1. The van der Waals surface area contributed by atoms with Gasteiger partial charge >= 0.3 is 5.97 Å². The second kappa shape index (κ2) is 6.16. The molecule has 3 unspecified atom stereocenters. The third kappa shape index (κ3) is 2.85. The van der Waals surface area contributed by atoms with Crippen LogP contribution in [-0.2, 0) is 11.3 Å². The number of nitrogens with zero attached hydrogens (tertiary/aromatic N) is 1. The zero-order valence-corrected chi connectivity index (χ0v) is 12.4. The zero-order chi connectivity index (χ0) is 13.4. The monoisotopic (exact) mass is 300 g/mol. The first-order chi connectivity index (χ1) is 9.17. The summed E-state index contributed by atoms with van der Waals surface area (Å²) in [6.45, 7) is 2.88. The Morgan fingerprint density at radius 2 is 2.25 bits per heavy atom. The van der Waals surface area contributed by atoms with Gasteiger partial charge in [0.15, 0.2) is 0 Å². The lowest BCUT2D eigenvalue weighted by atomic mass is 9.98. The smallest absolute Gasteiger partial charge is 0.373 e. The number of methoxy groups -OCH3 is 1. The number of halogens is 1. The molecule has 5 nitrogen and oxygen atoms in total. The Kier molecular flexibility index (Phi) is 4.73. The molecule has 2 N–H and O–H groups in total. The SMILES string of the molecule is COC(=O)c1ccc(CN2CC3CCC(N)C3C2)o1.Cl. The maximum Gasteiger partial charge on any atom is 0.373 e. The number of fused-ring (bicyclic) bond motifs is 1. The van der Waals surface area contributed by atoms with E-state index in [1.54, 1.807) is 6.07 Å². The molecule has 0 amide bonds. The molecule has 3 rings (SSSR count). The molecule has 1 saturated carbocycles. The highest BCUT2D eigenvalue weighted by Crippen LogP contribution is 2.37. The minimum absolute atomic E-state index is 0. The second-order valence-electron chi connectivity index (χ2n) is 5.62. The molecule has 2 fully saturated rings. The Bertz CT molecular complexity index is 477. The van der Waals surface area contributed by atoms with Gasteiger partial charge in [-0.05, 0) is 36.8 Å². The summed E-state index contributed by atoms with van der Waals surface area (Å²) in [6, 6.07) is 3.88. The summed E-state index contributed by atoms with van der Waals surface area (Å²) in [5.41, 5.74) is 6.13. The molecule has 0 radical (unpaired) electrons. The van der Waals surface area contributed by atoms with E-state index in [1.165, 1.54) is 13.5 Å². The van der Waals surface area contributed by atoms with Gasteiger partial charge in [-0.2, -0.15) is 0 Å². The molecular weight excluding hydrogens is 280 g/mol. The average molecular weight is 301 g/mol. The van der Waals surface area contributed by atoms with E-state index in [2.05, 4.69) is 9.64 Å². The zero-order valence-electron chi connectivity index (χ0n) is 11.6. The predicted octanol–water partition coefficient (Wildman–Crippen LogP) is 1.66. The van der Waals surface area contributed by atoms with Crippen LogP contribution in [0.25, 0.3) is 0 Å². The van der Waals surface area contributed by atoms with Crippen molar-refractivity contribution in [3.63, 3.8) is 0 Å². The van der Waals surface area contributed by atoms with Crippen molar-refractivity contribution in [3.8, 4) is 0 Å². The fraction of sp³-hybridized carbons (Fsp3) is 0.643. The minimum atomic E-state index is -0.424. The standard InChI is InChI=1S/C14H20N2O3.ClH/c1-18-14(17)13-5-3-10(19-13)7-16-6-9-2-4-12(15)11(9)8-16;/h3,5,9,11-12H,2,4,6-8,15H2,1H3;1H. The molecule has 2 aliphatic rings. The fourth-order valence-electron chi connectivity index (χ4n) is 3.42. The van der Waals surface area contributed by atoms with Crippen molar-refractivity contribution < 1.29 is 13.9 Å². The Morgan fingerprint density at radius 1 is 1.45 bits per heavy atom. The molecule has 1 aliphatic carbocycles. The van der Waals surface area contributed by atoms with E-state index >= 15 is 0 Å². The molecule has 3 atom stereocenters. The van der Waals surface area contributed by atoms with Gasteiger partial charge in [-0.1, -0.05) is 0 Å². The summed E-state index contributed by atoms with van der Waals surface area (Å²) < 4.78 is 10.1. The molecule has 2 heterocycles. The van der Waals surface area contributed by atoms with Gasteiger partial charge in [0.05, 0.1) is 13.7 Å². The molecule has 0 aromatic carbocycles. The van der Waals surface area contributed by atoms with Crippen LogP contribution in [0, 0.1) is 11.8 Å². The number of likely N-dealkylation sites (tertiary alicyclic amines) is 1. The van der Waals surface area contributed by atoms with E-state index in [4.69, 9.17) is 10.2 Å². The number of hydrogen-bond donors (Lipinski definition) is 1. The van der Waals surface area contributed by atoms with E-state index in [9.17, 15) is 4.79 Å². The lowest BCUT2D eigenvalue weighted by Gasteiger charge is -2.16. The summed E-state index contributed by atoms with van der Waals surface area (Å²) >= 11 is 0. The predicted molar refractivity (Wildman–Crippen MR) is 76.8 cm³/mol. The summed E-state index contributed by atoms with van der Waals surface area (Å²) in [6.07, 6.45) is 2.41.